The summed E-state index contributed by atoms with van der Waals surface area (Å²) in [6.07, 6.45) is 0.793. The van der Waals surface area contributed by atoms with Gasteiger partial charge in [-0.2, -0.15) is 0 Å². The van der Waals surface area contributed by atoms with E-state index in [1.807, 2.05) is 18.4 Å². The molecule has 0 fully saturated rings. The summed E-state index contributed by atoms with van der Waals surface area (Å²) in [5, 5.41) is 2.01. The molecule has 3 rings (SSSR count). The maximum atomic E-state index is 13.2. The van der Waals surface area contributed by atoms with Crippen LogP contribution in [0.5, 0.6) is 0 Å². The minimum atomic E-state index is -0.728. The highest BCUT2D eigenvalue weighted by Crippen LogP contribution is 2.33. The molecule has 1 aromatic carbocycles. The number of benzene rings is 1. The van der Waals surface area contributed by atoms with E-state index < -0.39 is 11.6 Å². The molecule has 5 heteroatoms. The van der Waals surface area contributed by atoms with E-state index in [0.717, 1.165) is 30.2 Å². The molecule has 104 valence electrons. The Morgan fingerprint density at radius 1 is 1.30 bits per heavy atom. The van der Waals surface area contributed by atoms with E-state index in [2.05, 4.69) is 0 Å². The van der Waals surface area contributed by atoms with Gasteiger partial charge in [0.15, 0.2) is 0 Å². The number of amides is 1. The molecule has 1 unspecified atom stereocenters. The van der Waals surface area contributed by atoms with Gasteiger partial charge in [0.05, 0.1) is 6.04 Å². The number of thiophene rings is 1. The summed E-state index contributed by atoms with van der Waals surface area (Å²) < 4.78 is 26.5. The van der Waals surface area contributed by atoms with E-state index in [1.165, 1.54) is 4.88 Å². The van der Waals surface area contributed by atoms with Gasteiger partial charge in [0.25, 0.3) is 5.91 Å². The minimum Gasteiger partial charge on any atom is -0.331 e. The Morgan fingerprint density at radius 3 is 2.70 bits per heavy atom. The summed E-state index contributed by atoms with van der Waals surface area (Å²) in [6.45, 7) is 2.52. The van der Waals surface area contributed by atoms with Crippen LogP contribution in [0.1, 0.15) is 33.8 Å². The molecule has 0 saturated carbocycles. The zero-order valence-corrected chi connectivity index (χ0v) is 11.7. The van der Waals surface area contributed by atoms with Crippen LogP contribution in [0.15, 0.2) is 29.6 Å². The lowest BCUT2D eigenvalue weighted by Crippen LogP contribution is -2.38. The van der Waals surface area contributed by atoms with Gasteiger partial charge >= 0.3 is 0 Å². The standard InChI is InChI=1S/C15H13F2NOS/c1-9-13-3-5-20-14(13)2-4-18(9)15(19)10-6-11(16)8-12(17)7-10/h3,5-9H,2,4H2,1H3. The summed E-state index contributed by atoms with van der Waals surface area (Å²) in [5.74, 6) is -1.78. The van der Waals surface area contributed by atoms with Crippen molar-refractivity contribution in [2.75, 3.05) is 6.54 Å². The van der Waals surface area contributed by atoms with E-state index in [4.69, 9.17) is 0 Å². The maximum Gasteiger partial charge on any atom is 0.254 e. The predicted octanol–water partition coefficient (Wildman–Crippen LogP) is 3.79. The predicted molar refractivity (Wildman–Crippen MR) is 73.8 cm³/mol. The van der Waals surface area contributed by atoms with Gasteiger partial charge < -0.3 is 4.90 Å². The Labute approximate surface area is 119 Å². The fourth-order valence-corrected chi connectivity index (χ4v) is 3.59. The molecule has 0 spiro atoms. The fourth-order valence-electron chi connectivity index (χ4n) is 2.63. The third-order valence-electron chi connectivity index (χ3n) is 3.65. The molecule has 0 radical (unpaired) electrons. The number of fused-ring (bicyclic) bond motifs is 1. The molecule has 1 amide bonds. The second-order valence-corrected chi connectivity index (χ2v) is 5.88. The lowest BCUT2D eigenvalue weighted by atomic mass is 10.0. The highest BCUT2D eigenvalue weighted by Gasteiger charge is 2.29. The summed E-state index contributed by atoms with van der Waals surface area (Å²) in [5.41, 5.74) is 1.19. The Balaban J connectivity index is 1.92. The quantitative estimate of drug-likeness (QED) is 0.783. The number of hydrogen-bond donors (Lipinski definition) is 0. The van der Waals surface area contributed by atoms with Crippen LogP contribution in [-0.4, -0.2) is 17.4 Å². The molecule has 2 aromatic rings. The Bertz CT molecular complexity index is 647. The van der Waals surface area contributed by atoms with Crippen molar-refractivity contribution in [3.8, 4) is 0 Å². The fraction of sp³-hybridized carbons (Fsp3) is 0.267. The van der Waals surface area contributed by atoms with Crippen LogP contribution >= 0.6 is 11.3 Å². The van der Waals surface area contributed by atoms with Crippen molar-refractivity contribution >= 4 is 17.2 Å². The lowest BCUT2D eigenvalue weighted by Gasteiger charge is -2.33. The zero-order valence-electron chi connectivity index (χ0n) is 10.9. The van der Waals surface area contributed by atoms with Crippen LogP contribution in [0.2, 0.25) is 0 Å². The molecule has 0 bridgehead atoms. The average molecular weight is 293 g/mol. The first-order valence-electron chi connectivity index (χ1n) is 6.39. The molecule has 0 saturated heterocycles. The summed E-state index contributed by atoms with van der Waals surface area (Å²) in [6, 6.07) is 4.88. The van der Waals surface area contributed by atoms with E-state index in [0.29, 0.717) is 6.54 Å². The first-order chi connectivity index (χ1) is 9.56. The third-order valence-corrected chi connectivity index (χ3v) is 4.64. The Kier molecular flexibility index (Phi) is 3.30. The summed E-state index contributed by atoms with van der Waals surface area (Å²) in [4.78, 5) is 15.4. The zero-order chi connectivity index (χ0) is 14.3. The van der Waals surface area contributed by atoms with E-state index in [-0.39, 0.29) is 17.5 Å². The van der Waals surface area contributed by atoms with Crippen molar-refractivity contribution in [2.24, 2.45) is 0 Å². The van der Waals surface area contributed by atoms with Gasteiger partial charge in [-0.3, -0.25) is 4.79 Å². The van der Waals surface area contributed by atoms with E-state index in [1.54, 1.807) is 16.2 Å². The molecule has 1 aromatic heterocycles. The smallest absolute Gasteiger partial charge is 0.254 e. The number of halogens is 2. The number of rotatable bonds is 1. The third kappa shape index (κ3) is 2.22. The van der Waals surface area contributed by atoms with Gasteiger partial charge in [-0.15, -0.1) is 11.3 Å². The topological polar surface area (TPSA) is 20.3 Å². The second kappa shape index (κ2) is 4.98. The molecular weight excluding hydrogens is 280 g/mol. The first-order valence-corrected chi connectivity index (χ1v) is 7.27. The van der Waals surface area contributed by atoms with Crippen molar-refractivity contribution in [2.45, 2.75) is 19.4 Å². The highest BCUT2D eigenvalue weighted by molar-refractivity contribution is 7.10. The highest BCUT2D eigenvalue weighted by atomic mass is 32.1. The monoisotopic (exact) mass is 293 g/mol. The molecule has 0 aliphatic carbocycles. The van der Waals surface area contributed by atoms with Gasteiger partial charge in [-0.1, -0.05) is 0 Å². The lowest BCUT2D eigenvalue weighted by molar-refractivity contribution is 0.0678. The van der Waals surface area contributed by atoms with Gasteiger partial charge in [0.1, 0.15) is 11.6 Å². The number of nitrogens with zero attached hydrogens (tertiary/aromatic N) is 1. The van der Waals surface area contributed by atoms with Crippen LogP contribution < -0.4 is 0 Å². The van der Waals surface area contributed by atoms with Crippen LogP contribution in [0.25, 0.3) is 0 Å². The summed E-state index contributed by atoms with van der Waals surface area (Å²) >= 11 is 1.69. The van der Waals surface area contributed by atoms with Crippen molar-refractivity contribution in [1.82, 2.24) is 4.90 Å². The van der Waals surface area contributed by atoms with Crippen molar-refractivity contribution in [3.05, 3.63) is 57.3 Å². The normalized spacial score (nSPS) is 17.9. The number of carbonyl (C=O) groups is 1. The Hall–Kier alpha value is -1.75. The van der Waals surface area contributed by atoms with Crippen LogP contribution in [-0.2, 0) is 6.42 Å². The summed E-state index contributed by atoms with van der Waals surface area (Å²) in [7, 11) is 0. The van der Waals surface area contributed by atoms with E-state index in [9.17, 15) is 13.6 Å². The van der Waals surface area contributed by atoms with Crippen LogP contribution in [0, 0.1) is 11.6 Å². The number of carbonyl (C=O) groups excluding carboxylic acids is 1. The first kappa shape index (κ1) is 13.2. The van der Waals surface area contributed by atoms with Gasteiger partial charge in [-0.25, -0.2) is 8.78 Å². The Morgan fingerprint density at radius 2 is 2.00 bits per heavy atom. The average Bonchev–Trinajstić information content (AvgIpc) is 2.86. The number of hydrogen-bond acceptors (Lipinski definition) is 2. The molecule has 1 aliphatic heterocycles. The van der Waals surface area contributed by atoms with Crippen LogP contribution in [0.3, 0.4) is 0 Å². The van der Waals surface area contributed by atoms with Crippen molar-refractivity contribution < 1.29 is 13.6 Å². The SMILES string of the molecule is CC1c2ccsc2CCN1C(=O)c1cc(F)cc(F)c1. The molecule has 2 nitrogen and oxygen atoms in total. The molecular formula is C15H13F2NOS. The molecule has 1 atom stereocenters. The van der Waals surface area contributed by atoms with Gasteiger partial charge in [-0.05, 0) is 42.5 Å². The molecule has 20 heavy (non-hydrogen) atoms. The van der Waals surface area contributed by atoms with Gasteiger partial charge in [0, 0.05) is 23.1 Å². The molecule has 2 heterocycles. The second-order valence-electron chi connectivity index (χ2n) is 4.88. The van der Waals surface area contributed by atoms with Crippen molar-refractivity contribution in [1.29, 1.82) is 0 Å². The van der Waals surface area contributed by atoms with Crippen molar-refractivity contribution in [3.63, 3.8) is 0 Å². The minimum absolute atomic E-state index is 0.0630. The maximum absolute atomic E-state index is 13.2. The largest absolute Gasteiger partial charge is 0.331 e. The van der Waals surface area contributed by atoms with Gasteiger partial charge in [0.2, 0.25) is 0 Å². The van der Waals surface area contributed by atoms with Crippen LogP contribution in [0.4, 0.5) is 8.78 Å². The molecule has 0 N–H and O–H groups in total. The van der Waals surface area contributed by atoms with E-state index >= 15 is 0 Å². The molecule has 1 aliphatic rings.